The number of amides is 1. The van der Waals surface area contributed by atoms with Gasteiger partial charge in [-0.2, -0.15) is 9.49 Å². The van der Waals surface area contributed by atoms with Crippen LogP contribution in [0, 0.1) is 24.5 Å². The molecule has 1 N–H and O–H groups in total. The number of carbonyl (C=O) groups excluding carboxylic acids is 1. The van der Waals surface area contributed by atoms with Crippen LogP contribution < -0.4 is 10.2 Å². The quantitative estimate of drug-likeness (QED) is 0.427. The minimum absolute atomic E-state index is 0.00809. The Hall–Kier alpha value is -3.86. The Labute approximate surface area is 211 Å². The highest BCUT2D eigenvalue weighted by atomic mass is 19.1. The van der Waals surface area contributed by atoms with Gasteiger partial charge in [-0.05, 0) is 39.3 Å². The van der Waals surface area contributed by atoms with Crippen LogP contribution in [0.15, 0.2) is 36.9 Å². The van der Waals surface area contributed by atoms with Crippen molar-refractivity contribution in [2.45, 2.75) is 33.2 Å². The van der Waals surface area contributed by atoms with Crippen LogP contribution in [0.2, 0.25) is 0 Å². The Balaban J connectivity index is 1.57. The fourth-order valence-corrected chi connectivity index (χ4v) is 4.48. The summed E-state index contributed by atoms with van der Waals surface area (Å²) in [4.78, 5) is 19.4. The molecule has 8 nitrogen and oxygen atoms in total. The van der Waals surface area contributed by atoms with Gasteiger partial charge in [0.05, 0.1) is 36.3 Å². The molecule has 1 saturated heterocycles. The van der Waals surface area contributed by atoms with Crippen molar-refractivity contribution in [1.82, 2.24) is 19.2 Å². The first-order valence-corrected chi connectivity index (χ1v) is 11.9. The van der Waals surface area contributed by atoms with Gasteiger partial charge >= 0.3 is 0 Å². The SMILES string of the molecule is Cc1c(F)cc(NC(=O)c2cnn(C(C)(C)C)c2F)c(F)c1-c1cc(N2CCOCC2)c2nccn2c1. The Morgan fingerprint density at radius 3 is 2.54 bits per heavy atom. The third-order valence-electron chi connectivity index (χ3n) is 6.41. The molecule has 5 rings (SSSR count). The number of ether oxygens (including phenoxy) is 1. The highest BCUT2D eigenvalue weighted by Gasteiger charge is 2.27. The molecular formula is C26H27F3N6O2. The smallest absolute Gasteiger partial charge is 0.262 e. The highest BCUT2D eigenvalue weighted by molar-refractivity contribution is 6.04. The van der Waals surface area contributed by atoms with E-state index in [1.807, 2.05) is 0 Å². The monoisotopic (exact) mass is 512 g/mol. The van der Waals surface area contributed by atoms with E-state index in [0.29, 0.717) is 37.5 Å². The van der Waals surface area contributed by atoms with E-state index in [0.717, 1.165) is 22.6 Å². The molecule has 11 heteroatoms. The van der Waals surface area contributed by atoms with Gasteiger partial charge in [0.15, 0.2) is 11.5 Å². The summed E-state index contributed by atoms with van der Waals surface area (Å²) in [5.74, 6) is -3.33. The molecule has 1 aromatic carbocycles. The van der Waals surface area contributed by atoms with Gasteiger partial charge in [-0.3, -0.25) is 4.79 Å². The zero-order chi connectivity index (χ0) is 26.5. The molecule has 0 spiro atoms. The number of morpholine rings is 1. The molecule has 37 heavy (non-hydrogen) atoms. The summed E-state index contributed by atoms with van der Waals surface area (Å²) in [6.45, 7) is 9.01. The second kappa shape index (κ2) is 9.22. The molecular weight excluding hydrogens is 485 g/mol. The zero-order valence-electron chi connectivity index (χ0n) is 21.0. The molecule has 0 atom stereocenters. The largest absolute Gasteiger partial charge is 0.378 e. The zero-order valence-corrected chi connectivity index (χ0v) is 21.0. The minimum atomic E-state index is -0.930. The summed E-state index contributed by atoms with van der Waals surface area (Å²) in [5, 5.41) is 6.26. The van der Waals surface area contributed by atoms with E-state index < -0.39 is 34.7 Å². The summed E-state index contributed by atoms with van der Waals surface area (Å²) < 4.78 is 54.1. The van der Waals surface area contributed by atoms with Crippen molar-refractivity contribution >= 4 is 22.9 Å². The number of nitrogens with one attached hydrogen (secondary N) is 1. The maximum atomic E-state index is 15.9. The van der Waals surface area contributed by atoms with Crippen LogP contribution in [0.5, 0.6) is 0 Å². The number of pyridine rings is 1. The van der Waals surface area contributed by atoms with Crippen LogP contribution in [-0.4, -0.2) is 51.4 Å². The summed E-state index contributed by atoms with van der Waals surface area (Å²) in [6, 6.07) is 2.66. The first-order chi connectivity index (χ1) is 17.6. The fraction of sp³-hybridized carbons (Fsp3) is 0.346. The summed E-state index contributed by atoms with van der Waals surface area (Å²) in [7, 11) is 0. The number of benzene rings is 1. The van der Waals surface area contributed by atoms with Crippen molar-refractivity contribution in [2.75, 3.05) is 36.5 Å². The van der Waals surface area contributed by atoms with Gasteiger partial charge < -0.3 is 19.4 Å². The van der Waals surface area contributed by atoms with Crippen molar-refractivity contribution in [2.24, 2.45) is 0 Å². The molecule has 1 aliphatic heterocycles. The molecule has 0 unspecified atom stereocenters. The highest BCUT2D eigenvalue weighted by Crippen LogP contribution is 2.36. The van der Waals surface area contributed by atoms with E-state index in [1.165, 1.54) is 6.92 Å². The van der Waals surface area contributed by atoms with Gasteiger partial charge in [-0.25, -0.2) is 18.4 Å². The number of nitrogens with zero attached hydrogens (tertiary/aromatic N) is 5. The lowest BCUT2D eigenvalue weighted by molar-refractivity contribution is 0.102. The molecule has 4 heterocycles. The molecule has 0 radical (unpaired) electrons. The number of hydrogen-bond donors (Lipinski definition) is 1. The van der Waals surface area contributed by atoms with Gasteiger partial charge in [0.2, 0.25) is 5.95 Å². The van der Waals surface area contributed by atoms with E-state index >= 15 is 8.78 Å². The molecule has 0 bridgehead atoms. The first kappa shape index (κ1) is 24.8. The average Bonchev–Trinajstić information content (AvgIpc) is 3.49. The summed E-state index contributed by atoms with van der Waals surface area (Å²) >= 11 is 0. The van der Waals surface area contributed by atoms with Crippen molar-refractivity contribution < 1.29 is 22.7 Å². The molecule has 3 aromatic heterocycles. The molecule has 0 aliphatic carbocycles. The van der Waals surface area contributed by atoms with Crippen LogP contribution in [0.1, 0.15) is 36.7 Å². The Bertz CT molecular complexity index is 1500. The van der Waals surface area contributed by atoms with Crippen molar-refractivity contribution in [3.8, 4) is 11.1 Å². The number of carbonyl (C=O) groups is 1. The predicted molar refractivity (Wildman–Crippen MR) is 133 cm³/mol. The van der Waals surface area contributed by atoms with Gasteiger partial charge in [0.1, 0.15) is 11.4 Å². The van der Waals surface area contributed by atoms with Crippen LogP contribution in [0.3, 0.4) is 0 Å². The van der Waals surface area contributed by atoms with Gasteiger partial charge in [0.25, 0.3) is 5.91 Å². The summed E-state index contributed by atoms with van der Waals surface area (Å²) in [5.41, 5.74) is 0.442. The number of fused-ring (bicyclic) bond motifs is 1. The van der Waals surface area contributed by atoms with E-state index in [4.69, 9.17) is 4.74 Å². The number of anilines is 2. The number of hydrogen-bond acceptors (Lipinski definition) is 5. The van der Waals surface area contributed by atoms with E-state index in [-0.39, 0.29) is 16.7 Å². The molecule has 1 fully saturated rings. The number of aromatic nitrogens is 4. The predicted octanol–water partition coefficient (Wildman–Crippen LogP) is 4.77. The lowest BCUT2D eigenvalue weighted by atomic mass is 9.99. The Morgan fingerprint density at radius 1 is 1.14 bits per heavy atom. The molecule has 194 valence electrons. The maximum Gasteiger partial charge on any atom is 0.262 e. The molecule has 1 aliphatic rings. The maximum absolute atomic E-state index is 15.9. The number of halogens is 3. The van der Waals surface area contributed by atoms with Gasteiger partial charge in [0, 0.05) is 48.9 Å². The third-order valence-corrected chi connectivity index (χ3v) is 6.41. The van der Waals surface area contributed by atoms with E-state index in [9.17, 15) is 9.18 Å². The molecule has 1 amide bonds. The second-order valence-electron chi connectivity index (χ2n) is 9.98. The first-order valence-electron chi connectivity index (χ1n) is 11.9. The number of imidazole rings is 1. The lowest BCUT2D eigenvalue weighted by Crippen LogP contribution is -2.36. The molecule has 4 aromatic rings. The van der Waals surface area contributed by atoms with Crippen LogP contribution in [-0.2, 0) is 10.3 Å². The number of rotatable bonds is 4. The van der Waals surface area contributed by atoms with Crippen LogP contribution in [0.4, 0.5) is 24.5 Å². The van der Waals surface area contributed by atoms with E-state index in [2.05, 4.69) is 20.3 Å². The van der Waals surface area contributed by atoms with E-state index in [1.54, 1.807) is 49.8 Å². The average molecular weight is 513 g/mol. The summed E-state index contributed by atoms with van der Waals surface area (Å²) in [6.07, 6.45) is 6.10. The fourth-order valence-electron chi connectivity index (χ4n) is 4.48. The Kier molecular flexibility index (Phi) is 6.18. The standard InChI is InChI=1S/C26H27F3N6O2/c1-15-18(27)12-19(32-25(36)17-13-31-35(23(17)29)26(2,3)4)22(28)21(15)16-11-20(33-7-9-37-10-8-33)24-30-5-6-34(24)14-16/h5-6,11-14H,7-10H2,1-4H3,(H,32,36). The lowest BCUT2D eigenvalue weighted by Gasteiger charge is -2.29. The van der Waals surface area contributed by atoms with Crippen molar-refractivity contribution in [3.05, 3.63) is 65.6 Å². The minimum Gasteiger partial charge on any atom is -0.378 e. The van der Waals surface area contributed by atoms with Gasteiger partial charge in [-0.1, -0.05) is 0 Å². The topological polar surface area (TPSA) is 76.7 Å². The van der Waals surface area contributed by atoms with Crippen molar-refractivity contribution in [1.29, 1.82) is 0 Å². The molecule has 0 saturated carbocycles. The van der Waals surface area contributed by atoms with Crippen LogP contribution >= 0.6 is 0 Å². The van der Waals surface area contributed by atoms with Crippen molar-refractivity contribution in [3.63, 3.8) is 0 Å². The normalized spacial score (nSPS) is 14.4. The third kappa shape index (κ3) is 4.43. The van der Waals surface area contributed by atoms with Crippen LogP contribution in [0.25, 0.3) is 16.8 Å². The Morgan fingerprint density at radius 2 is 1.86 bits per heavy atom. The van der Waals surface area contributed by atoms with Gasteiger partial charge in [-0.15, -0.1) is 0 Å². The second-order valence-corrected chi connectivity index (χ2v) is 9.98.